The highest BCUT2D eigenvalue weighted by molar-refractivity contribution is 6.35. The first-order chi connectivity index (χ1) is 16.3. The first-order valence-electron chi connectivity index (χ1n) is 9.68. The molecule has 0 heterocycles. The maximum Gasteiger partial charge on any atom is 0.277 e. The predicted molar refractivity (Wildman–Crippen MR) is 130 cm³/mol. The van der Waals surface area contributed by atoms with Crippen LogP contribution in [0.5, 0.6) is 11.5 Å². The van der Waals surface area contributed by atoms with Crippen molar-refractivity contribution >= 4 is 58.5 Å². The molecule has 0 saturated carbocycles. The molecular weight excluding hydrogens is 508 g/mol. The van der Waals surface area contributed by atoms with Gasteiger partial charge in [0.1, 0.15) is 17.3 Å². The van der Waals surface area contributed by atoms with E-state index in [0.717, 1.165) is 0 Å². The lowest BCUT2D eigenvalue weighted by molar-refractivity contribution is -0.123. The molecule has 2 amide bonds. The van der Waals surface area contributed by atoms with Gasteiger partial charge >= 0.3 is 0 Å². The average Bonchev–Trinajstić information content (AvgIpc) is 2.79. The third kappa shape index (κ3) is 7.62. The van der Waals surface area contributed by atoms with Crippen molar-refractivity contribution in [3.63, 3.8) is 0 Å². The second kappa shape index (κ2) is 12.2. The van der Waals surface area contributed by atoms with E-state index in [1.54, 1.807) is 24.3 Å². The zero-order chi connectivity index (χ0) is 24.5. The molecule has 0 radical (unpaired) electrons. The number of carbonyl (C=O) groups excluding carboxylic acids is 2. The van der Waals surface area contributed by atoms with Gasteiger partial charge in [0, 0.05) is 5.02 Å². The van der Waals surface area contributed by atoms with Crippen LogP contribution in [0.25, 0.3) is 0 Å². The van der Waals surface area contributed by atoms with Crippen LogP contribution in [0.2, 0.25) is 15.1 Å². The van der Waals surface area contributed by atoms with Crippen molar-refractivity contribution in [1.29, 1.82) is 0 Å². The Balaban J connectivity index is 1.46. The summed E-state index contributed by atoms with van der Waals surface area (Å²) in [6, 6.07) is 15.1. The van der Waals surface area contributed by atoms with Gasteiger partial charge in [-0.3, -0.25) is 9.59 Å². The number of amides is 2. The second-order valence-electron chi connectivity index (χ2n) is 6.66. The van der Waals surface area contributed by atoms with Crippen LogP contribution < -0.4 is 20.2 Å². The summed E-state index contributed by atoms with van der Waals surface area (Å²) in [5, 5.41) is 7.19. The van der Waals surface area contributed by atoms with Crippen molar-refractivity contribution < 1.29 is 23.5 Å². The average molecular weight is 525 g/mol. The molecule has 0 fully saturated rings. The Hall–Kier alpha value is -3.33. The monoisotopic (exact) mass is 523 g/mol. The first kappa shape index (κ1) is 25.3. The Morgan fingerprint density at radius 2 is 1.53 bits per heavy atom. The SMILES string of the molecule is O=C(COc1ccc(Cl)cc1Cl)N/N=C/c1ccc(OCC(=O)Nc2ccccc2F)c(Cl)c1. The molecule has 0 atom stereocenters. The fourth-order valence-electron chi connectivity index (χ4n) is 2.55. The number of nitrogens with zero attached hydrogens (tertiary/aromatic N) is 1. The molecule has 11 heteroatoms. The minimum atomic E-state index is -0.551. The predicted octanol–water partition coefficient (Wildman–Crippen LogP) is 5.33. The number of benzene rings is 3. The molecule has 0 unspecified atom stereocenters. The molecule has 0 aliphatic carbocycles. The maximum absolute atomic E-state index is 13.6. The Morgan fingerprint density at radius 1 is 0.882 bits per heavy atom. The Bertz CT molecular complexity index is 1220. The Labute approximate surface area is 209 Å². The van der Waals surface area contributed by atoms with E-state index < -0.39 is 17.6 Å². The molecule has 0 aromatic heterocycles. The highest BCUT2D eigenvalue weighted by Crippen LogP contribution is 2.27. The van der Waals surface area contributed by atoms with E-state index >= 15 is 0 Å². The van der Waals surface area contributed by atoms with Crippen LogP contribution in [0.4, 0.5) is 10.1 Å². The molecule has 0 aliphatic heterocycles. The maximum atomic E-state index is 13.6. The number of anilines is 1. The standard InChI is InChI=1S/C23H17Cl3FN3O4/c24-15-6-8-21(17(26)10-15)34-13-23(32)30-28-11-14-5-7-20(16(25)9-14)33-12-22(31)29-19-4-2-1-3-18(19)27/h1-11H,12-13H2,(H,29,31)(H,30,32)/b28-11+. The fourth-order valence-corrected chi connectivity index (χ4v) is 3.26. The van der Waals surface area contributed by atoms with Gasteiger partial charge in [0.05, 0.1) is 21.9 Å². The largest absolute Gasteiger partial charge is 0.482 e. The van der Waals surface area contributed by atoms with E-state index in [-0.39, 0.29) is 34.7 Å². The summed E-state index contributed by atoms with van der Waals surface area (Å²) in [5.74, 6) is -1.04. The van der Waals surface area contributed by atoms with Gasteiger partial charge in [-0.2, -0.15) is 5.10 Å². The smallest absolute Gasteiger partial charge is 0.277 e. The number of para-hydroxylation sites is 1. The van der Waals surface area contributed by atoms with Crippen LogP contribution in [0.3, 0.4) is 0 Å². The normalized spacial score (nSPS) is 10.7. The van der Waals surface area contributed by atoms with Gasteiger partial charge < -0.3 is 14.8 Å². The summed E-state index contributed by atoms with van der Waals surface area (Å²) in [7, 11) is 0. The Kier molecular flexibility index (Phi) is 9.09. The number of carbonyl (C=O) groups is 2. The number of hydrogen-bond acceptors (Lipinski definition) is 5. The quantitative estimate of drug-likeness (QED) is 0.292. The van der Waals surface area contributed by atoms with Crippen molar-refractivity contribution in [2.45, 2.75) is 0 Å². The third-order valence-electron chi connectivity index (χ3n) is 4.12. The molecule has 0 saturated heterocycles. The molecule has 0 aliphatic rings. The van der Waals surface area contributed by atoms with E-state index in [4.69, 9.17) is 44.3 Å². The topological polar surface area (TPSA) is 89.0 Å². The van der Waals surface area contributed by atoms with Gasteiger partial charge in [0.25, 0.3) is 11.8 Å². The summed E-state index contributed by atoms with van der Waals surface area (Å²) in [4.78, 5) is 23.8. The summed E-state index contributed by atoms with van der Waals surface area (Å²) in [6.07, 6.45) is 1.37. The van der Waals surface area contributed by atoms with Crippen LogP contribution in [0.15, 0.2) is 65.8 Å². The number of halogens is 4. The lowest BCUT2D eigenvalue weighted by Crippen LogP contribution is -2.24. The van der Waals surface area contributed by atoms with Gasteiger partial charge in [-0.25, -0.2) is 9.82 Å². The molecule has 3 aromatic carbocycles. The molecule has 0 spiro atoms. The summed E-state index contributed by atoms with van der Waals surface area (Å²) in [5.41, 5.74) is 2.93. The zero-order valence-corrected chi connectivity index (χ0v) is 19.6. The first-order valence-corrected chi connectivity index (χ1v) is 10.8. The summed E-state index contributed by atoms with van der Waals surface area (Å²) in [6.45, 7) is -0.670. The molecule has 34 heavy (non-hydrogen) atoms. The van der Waals surface area contributed by atoms with Crippen LogP contribution in [0.1, 0.15) is 5.56 Å². The minimum absolute atomic E-state index is 0.0532. The molecule has 7 nitrogen and oxygen atoms in total. The summed E-state index contributed by atoms with van der Waals surface area (Å²) >= 11 is 18.0. The van der Waals surface area contributed by atoms with Gasteiger partial charge in [-0.05, 0) is 54.1 Å². The Morgan fingerprint density at radius 3 is 2.21 bits per heavy atom. The van der Waals surface area contributed by atoms with E-state index in [1.165, 1.54) is 42.6 Å². The zero-order valence-electron chi connectivity index (χ0n) is 17.4. The van der Waals surface area contributed by atoms with E-state index in [1.807, 2.05) is 0 Å². The second-order valence-corrected chi connectivity index (χ2v) is 7.91. The van der Waals surface area contributed by atoms with Crippen molar-refractivity contribution in [1.82, 2.24) is 5.43 Å². The minimum Gasteiger partial charge on any atom is -0.482 e. The fraction of sp³-hybridized carbons (Fsp3) is 0.0870. The molecule has 176 valence electrons. The molecule has 3 rings (SSSR count). The highest BCUT2D eigenvalue weighted by atomic mass is 35.5. The molecule has 3 aromatic rings. The third-order valence-corrected chi connectivity index (χ3v) is 4.94. The van der Waals surface area contributed by atoms with Crippen molar-refractivity contribution in [2.75, 3.05) is 18.5 Å². The van der Waals surface area contributed by atoms with Crippen LogP contribution in [-0.4, -0.2) is 31.2 Å². The van der Waals surface area contributed by atoms with Crippen molar-refractivity contribution in [3.8, 4) is 11.5 Å². The number of hydrogen-bond donors (Lipinski definition) is 2. The van der Waals surface area contributed by atoms with Crippen LogP contribution in [-0.2, 0) is 9.59 Å². The van der Waals surface area contributed by atoms with Gasteiger partial charge in [0.2, 0.25) is 0 Å². The van der Waals surface area contributed by atoms with Crippen molar-refractivity contribution in [2.24, 2.45) is 5.10 Å². The van der Waals surface area contributed by atoms with E-state index in [9.17, 15) is 14.0 Å². The van der Waals surface area contributed by atoms with Crippen LogP contribution >= 0.6 is 34.8 Å². The van der Waals surface area contributed by atoms with Gasteiger partial charge in [-0.1, -0.05) is 46.9 Å². The number of nitrogens with one attached hydrogen (secondary N) is 2. The summed E-state index contributed by atoms with van der Waals surface area (Å²) < 4.78 is 24.3. The lowest BCUT2D eigenvalue weighted by atomic mass is 10.2. The molecule has 0 bridgehead atoms. The molecule has 2 N–H and O–H groups in total. The van der Waals surface area contributed by atoms with Crippen LogP contribution in [0, 0.1) is 5.82 Å². The highest BCUT2D eigenvalue weighted by Gasteiger charge is 2.10. The number of ether oxygens (including phenoxy) is 2. The number of hydrazone groups is 1. The van der Waals surface area contributed by atoms with E-state index in [0.29, 0.717) is 16.3 Å². The number of rotatable bonds is 9. The van der Waals surface area contributed by atoms with Gasteiger partial charge in [-0.15, -0.1) is 0 Å². The van der Waals surface area contributed by atoms with E-state index in [2.05, 4.69) is 15.8 Å². The lowest BCUT2D eigenvalue weighted by Gasteiger charge is -2.09. The van der Waals surface area contributed by atoms with Crippen molar-refractivity contribution in [3.05, 3.63) is 87.1 Å². The molecular formula is C23H17Cl3FN3O4. The van der Waals surface area contributed by atoms with Gasteiger partial charge in [0.15, 0.2) is 13.2 Å².